The summed E-state index contributed by atoms with van der Waals surface area (Å²) in [6.07, 6.45) is 4.38. The standard InChI is InChI=1S/C21H23N3O/c1-16(18-9-7-8-17(14-18)15-22)24(20-12-5-6-13-20)21(25)23-19-10-3-2-4-11-19/h2-4,7-11,14,16,20H,5-6,12-13H2,1H3,(H,23,25)/t16-/m0/s1. The van der Waals surface area contributed by atoms with Gasteiger partial charge in [0.2, 0.25) is 0 Å². The summed E-state index contributed by atoms with van der Waals surface area (Å²) in [7, 11) is 0. The third-order valence-electron chi connectivity index (χ3n) is 4.89. The average Bonchev–Trinajstić information content (AvgIpc) is 3.17. The fourth-order valence-corrected chi connectivity index (χ4v) is 3.58. The van der Waals surface area contributed by atoms with E-state index in [1.165, 1.54) is 0 Å². The van der Waals surface area contributed by atoms with Crippen LogP contribution in [0.1, 0.15) is 49.8 Å². The molecule has 4 nitrogen and oxygen atoms in total. The first-order valence-corrected chi connectivity index (χ1v) is 8.83. The van der Waals surface area contributed by atoms with Gasteiger partial charge in [0, 0.05) is 11.7 Å². The molecule has 128 valence electrons. The Kier molecular flexibility index (Phi) is 5.35. The van der Waals surface area contributed by atoms with Crippen LogP contribution in [0.3, 0.4) is 0 Å². The van der Waals surface area contributed by atoms with E-state index in [0.717, 1.165) is 36.9 Å². The van der Waals surface area contributed by atoms with Crippen molar-refractivity contribution >= 4 is 11.7 Å². The normalized spacial score (nSPS) is 15.4. The predicted octanol–water partition coefficient (Wildman–Crippen LogP) is 5.10. The van der Waals surface area contributed by atoms with E-state index in [-0.39, 0.29) is 18.1 Å². The molecule has 0 spiro atoms. The van der Waals surface area contributed by atoms with Crippen LogP contribution >= 0.6 is 0 Å². The van der Waals surface area contributed by atoms with Crippen molar-refractivity contribution in [3.63, 3.8) is 0 Å². The molecule has 0 radical (unpaired) electrons. The minimum Gasteiger partial charge on any atom is -0.315 e. The van der Waals surface area contributed by atoms with E-state index < -0.39 is 0 Å². The van der Waals surface area contributed by atoms with E-state index in [0.29, 0.717) is 5.56 Å². The molecule has 3 rings (SSSR count). The number of para-hydroxylation sites is 1. The molecule has 25 heavy (non-hydrogen) atoms. The molecule has 1 atom stereocenters. The molecule has 4 heteroatoms. The molecule has 2 amide bonds. The van der Waals surface area contributed by atoms with Crippen LogP contribution in [0.4, 0.5) is 10.5 Å². The van der Waals surface area contributed by atoms with Gasteiger partial charge in [0.15, 0.2) is 0 Å². The van der Waals surface area contributed by atoms with E-state index in [4.69, 9.17) is 5.26 Å². The first-order chi connectivity index (χ1) is 12.2. The molecule has 1 N–H and O–H groups in total. The Morgan fingerprint density at radius 2 is 1.88 bits per heavy atom. The largest absolute Gasteiger partial charge is 0.322 e. The predicted molar refractivity (Wildman–Crippen MR) is 99.1 cm³/mol. The number of anilines is 1. The van der Waals surface area contributed by atoms with Gasteiger partial charge in [0.05, 0.1) is 17.7 Å². The number of rotatable bonds is 4. The Morgan fingerprint density at radius 3 is 2.56 bits per heavy atom. The topological polar surface area (TPSA) is 56.1 Å². The Labute approximate surface area is 149 Å². The fraction of sp³-hybridized carbons (Fsp3) is 0.333. The quantitative estimate of drug-likeness (QED) is 0.846. The highest BCUT2D eigenvalue weighted by Gasteiger charge is 2.31. The molecular weight excluding hydrogens is 310 g/mol. The monoisotopic (exact) mass is 333 g/mol. The van der Waals surface area contributed by atoms with Crippen molar-refractivity contribution in [3.05, 3.63) is 65.7 Å². The second kappa shape index (κ2) is 7.85. The SMILES string of the molecule is C[C@@H](c1cccc(C#N)c1)N(C(=O)Nc1ccccc1)C1CCCC1. The zero-order chi connectivity index (χ0) is 17.6. The molecule has 0 saturated heterocycles. The Hall–Kier alpha value is -2.80. The first-order valence-electron chi connectivity index (χ1n) is 8.83. The number of hydrogen-bond donors (Lipinski definition) is 1. The molecular formula is C21H23N3O. The Bertz CT molecular complexity index is 760. The summed E-state index contributed by atoms with van der Waals surface area (Å²) in [5, 5.41) is 12.2. The van der Waals surface area contributed by atoms with Crippen molar-refractivity contribution in [3.8, 4) is 6.07 Å². The number of benzene rings is 2. The molecule has 2 aromatic carbocycles. The van der Waals surface area contributed by atoms with Gasteiger partial charge in [-0.1, -0.05) is 43.2 Å². The third-order valence-corrected chi connectivity index (χ3v) is 4.89. The van der Waals surface area contributed by atoms with Crippen LogP contribution in [0.5, 0.6) is 0 Å². The number of amides is 2. The number of nitrogens with one attached hydrogen (secondary N) is 1. The summed E-state index contributed by atoms with van der Waals surface area (Å²) < 4.78 is 0. The van der Waals surface area contributed by atoms with Gasteiger partial charge in [0.1, 0.15) is 0 Å². The second-order valence-corrected chi connectivity index (χ2v) is 6.55. The van der Waals surface area contributed by atoms with E-state index in [9.17, 15) is 4.79 Å². The Balaban J connectivity index is 1.86. The van der Waals surface area contributed by atoms with E-state index in [1.54, 1.807) is 6.07 Å². The van der Waals surface area contributed by atoms with Crippen LogP contribution in [0.2, 0.25) is 0 Å². The summed E-state index contributed by atoms with van der Waals surface area (Å²) in [6.45, 7) is 2.04. The molecule has 1 aliphatic rings. The van der Waals surface area contributed by atoms with Crippen LogP contribution in [-0.4, -0.2) is 17.0 Å². The lowest BCUT2D eigenvalue weighted by atomic mass is 10.0. The second-order valence-electron chi connectivity index (χ2n) is 6.55. The maximum Gasteiger partial charge on any atom is 0.322 e. The molecule has 1 fully saturated rings. The van der Waals surface area contributed by atoms with Crippen molar-refractivity contribution in [1.82, 2.24) is 4.90 Å². The summed E-state index contributed by atoms with van der Waals surface area (Å²) in [5.41, 5.74) is 2.42. The van der Waals surface area contributed by atoms with E-state index >= 15 is 0 Å². The fourth-order valence-electron chi connectivity index (χ4n) is 3.58. The highest BCUT2D eigenvalue weighted by atomic mass is 16.2. The molecule has 0 aromatic heterocycles. The van der Waals surface area contributed by atoms with Gasteiger partial charge in [-0.3, -0.25) is 0 Å². The summed E-state index contributed by atoms with van der Waals surface area (Å²) >= 11 is 0. The maximum absolute atomic E-state index is 13.0. The number of urea groups is 1. The number of hydrogen-bond acceptors (Lipinski definition) is 2. The number of nitrogens with zero attached hydrogens (tertiary/aromatic N) is 2. The lowest BCUT2D eigenvalue weighted by molar-refractivity contribution is 0.162. The minimum absolute atomic E-state index is 0.0760. The van der Waals surface area contributed by atoms with Gasteiger partial charge in [0.25, 0.3) is 0 Å². The van der Waals surface area contributed by atoms with Crippen molar-refractivity contribution in [2.24, 2.45) is 0 Å². The van der Waals surface area contributed by atoms with E-state index in [2.05, 4.69) is 11.4 Å². The summed E-state index contributed by atoms with van der Waals surface area (Å²) in [6, 6.07) is 19.3. The molecule has 2 aromatic rings. The van der Waals surface area contributed by atoms with Gasteiger partial charge in [-0.25, -0.2) is 4.79 Å². The molecule has 0 unspecified atom stereocenters. The smallest absolute Gasteiger partial charge is 0.315 e. The lowest BCUT2D eigenvalue weighted by Crippen LogP contribution is -2.43. The van der Waals surface area contributed by atoms with Crippen LogP contribution in [0.15, 0.2) is 54.6 Å². The van der Waals surface area contributed by atoms with Crippen molar-refractivity contribution < 1.29 is 4.79 Å². The Morgan fingerprint density at radius 1 is 1.16 bits per heavy atom. The molecule has 1 saturated carbocycles. The molecule has 0 heterocycles. The van der Waals surface area contributed by atoms with Crippen LogP contribution in [-0.2, 0) is 0 Å². The maximum atomic E-state index is 13.0. The summed E-state index contributed by atoms with van der Waals surface area (Å²) in [4.78, 5) is 15.0. The van der Waals surface area contributed by atoms with E-state index in [1.807, 2.05) is 60.4 Å². The van der Waals surface area contributed by atoms with Crippen LogP contribution in [0.25, 0.3) is 0 Å². The third kappa shape index (κ3) is 4.00. The molecule has 0 aliphatic heterocycles. The number of carbonyl (C=O) groups is 1. The highest BCUT2D eigenvalue weighted by Crippen LogP contribution is 2.32. The molecule has 1 aliphatic carbocycles. The summed E-state index contributed by atoms with van der Waals surface area (Å²) in [5.74, 6) is 0. The number of nitriles is 1. The zero-order valence-corrected chi connectivity index (χ0v) is 14.5. The van der Waals surface area contributed by atoms with Gasteiger partial charge < -0.3 is 10.2 Å². The van der Waals surface area contributed by atoms with Crippen LogP contribution in [0, 0.1) is 11.3 Å². The first kappa shape index (κ1) is 17.0. The van der Waals surface area contributed by atoms with Crippen LogP contribution < -0.4 is 5.32 Å². The van der Waals surface area contributed by atoms with Crippen molar-refractivity contribution in [1.29, 1.82) is 5.26 Å². The van der Waals surface area contributed by atoms with Gasteiger partial charge >= 0.3 is 6.03 Å². The molecule has 0 bridgehead atoms. The average molecular weight is 333 g/mol. The van der Waals surface area contributed by atoms with Gasteiger partial charge in [-0.05, 0) is 49.6 Å². The van der Waals surface area contributed by atoms with Crippen molar-refractivity contribution in [2.75, 3.05) is 5.32 Å². The minimum atomic E-state index is -0.0832. The lowest BCUT2D eigenvalue weighted by Gasteiger charge is -2.35. The highest BCUT2D eigenvalue weighted by molar-refractivity contribution is 5.89. The van der Waals surface area contributed by atoms with Gasteiger partial charge in [-0.2, -0.15) is 5.26 Å². The zero-order valence-electron chi connectivity index (χ0n) is 14.5. The van der Waals surface area contributed by atoms with Gasteiger partial charge in [-0.15, -0.1) is 0 Å². The van der Waals surface area contributed by atoms with Crippen molar-refractivity contribution in [2.45, 2.75) is 44.7 Å². The number of carbonyl (C=O) groups excluding carboxylic acids is 1.